The van der Waals surface area contributed by atoms with E-state index in [2.05, 4.69) is 20.8 Å². The van der Waals surface area contributed by atoms with Crippen molar-refractivity contribution in [2.24, 2.45) is 0 Å². The number of fused-ring (bicyclic) bond motifs is 1. The van der Waals surface area contributed by atoms with Crippen molar-refractivity contribution in [3.63, 3.8) is 0 Å². The third-order valence-corrected chi connectivity index (χ3v) is 4.98. The molecule has 9 nitrogen and oxygen atoms in total. The van der Waals surface area contributed by atoms with Crippen LogP contribution >= 0.6 is 11.8 Å². The van der Waals surface area contributed by atoms with Crippen molar-refractivity contribution < 1.29 is 9.21 Å². The number of nitrogens with one attached hydrogen (secondary N) is 1. The number of nitrogens with zero attached hydrogens (tertiary/aromatic N) is 5. The summed E-state index contributed by atoms with van der Waals surface area (Å²) in [6.45, 7) is 0.408. The smallest absolute Gasteiger partial charge is 0.408 e. The monoisotopic (exact) mass is 410 g/mol. The normalized spacial score (nSPS) is 11.1. The number of para-hydroxylation sites is 2. The van der Waals surface area contributed by atoms with Gasteiger partial charge in [0.15, 0.2) is 5.58 Å². The fourth-order valence-electron chi connectivity index (χ4n) is 3.03. The summed E-state index contributed by atoms with van der Waals surface area (Å²) < 4.78 is 8.36. The molecular formula is C19H18N6O3S. The molecule has 0 aliphatic carbocycles. The zero-order valence-corrected chi connectivity index (χ0v) is 16.4. The molecule has 2 aromatic heterocycles. The van der Waals surface area contributed by atoms with E-state index in [1.165, 1.54) is 11.8 Å². The van der Waals surface area contributed by atoms with Gasteiger partial charge in [0.1, 0.15) is 0 Å². The lowest BCUT2D eigenvalue weighted by Crippen LogP contribution is -2.17. The van der Waals surface area contributed by atoms with Crippen molar-refractivity contribution in [3.05, 3.63) is 59.1 Å². The van der Waals surface area contributed by atoms with Gasteiger partial charge in [-0.25, -0.2) is 4.79 Å². The van der Waals surface area contributed by atoms with Crippen LogP contribution in [0.5, 0.6) is 0 Å². The largest absolute Gasteiger partial charge is 0.419 e. The molecule has 0 bridgehead atoms. The van der Waals surface area contributed by atoms with Crippen LogP contribution in [-0.4, -0.2) is 36.9 Å². The third-order valence-electron chi connectivity index (χ3n) is 4.36. The molecule has 0 radical (unpaired) electrons. The second-order valence-corrected chi connectivity index (χ2v) is 7.04. The van der Waals surface area contributed by atoms with Crippen LogP contribution in [0.25, 0.3) is 16.8 Å². The van der Waals surface area contributed by atoms with Gasteiger partial charge in [-0.05, 0) is 53.4 Å². The van der Waals surface area contributed by atoms with Gasteiger partial charge in [-0.15, -0.1) is 5.10 Å². The van der Waals surface area contributed by atoms with Crippen LogP contribution in [0.15, 0.2) is 62.9 Å². The molecule has 0 atom stereocenters. The summed E-state index contributed by atoms with van der Waals surface area (Å²) in [5.74, 6) is -0.546. The van der Waals surface area contributed by atoms with E-state index >= 15 is 0 Å². The van der Waals surface area contributed by atoms with Crippen molar-refractivity contribution >= 4 is 34.5 Å². The lowest BCUT2D eigenvalue weighted by molar-refractivity contribution is -0.116. The quantitative estimate of drug-likeness (QED) is 0.467. The Kier molecular flexibility index (Phi) is 5.43. The number of amides is 1. The van der Waals surface area contributed by atoms with Crippen LogP contribution in [0, 0.1) is 0 Å². The van der Waals surface area contributed by atoms with E-state index in [-0.39, 0.29) is 12.3 Å². The fourth-order valence-corrected chi connectivity index (χ4v) is 3.46. The summed E-state index contributed by atoms with van der Waals surface area (Å²) in [7, 11) is 0. The van der Waals surface area contributed by atoms with E-state index in [9.17, 15) is 9.59 Å². The average molecular weight is 410 g/mol. The van der Waals surface area contributed by atoms with Crippen LogP contribution in [0.2, 0.25) is 0 Å². The van der Waals surface area contributed by atoms with E-state index in [1.807, 2.05) is 42.7 Å². The Morgan fingerprint density at radius 2 is 2.07 bits per heavy atom. The molecule has 29 heavy (non-hydrogen) atoms. The van der Waals surface area contributed by atoms with Crippen LogP contribution in [0.3, 0.4) is 0 Å². The Balaban J connectivity index is 1.38. The minimum absolute atomic E-state index is 0.134. The number of aryl methyl sites for hydroxylation is 1. The van der Waals surface area contributed by atoms with Gasteiger partial charge in [0.25, 0.3) is 0 Å². The van der Waals surface area contributed by atoms with Gasteiger partial charge in [0, 0.05) is 18.7 Å². The van der Waals surface area contributed by atoms with Crippen LogP contribution in [-0.2, 0) is 11.3 Å². The molecule has 148 valence electrons. The predicted octanol–water partition coefficient (Wildman–Crippen LogP) is 2.71. The van der Waals surface area contributed by atoms with Crippen LogP contribution in [0.4, 0.5) is 5.69 Å². The van der Waals surface area contributed by atoms with Crippen molar-refractivity contribution in [1.82, 2.24) is 24.8 Å². The molecule has 1 amide bonds. The minimum Gasteiger partial charge on any atom is -0.408 e. The summed E-state index contributed by atoms with van der Waals surface area (Å²) >= 11 is 1.43. The lowest BCUT2D eigenvalue weighted by atomic mass is 10.2. The van der Waals surface area contributed by atoms with Gasteiger partial charge in [-0.3, -0.25) is 9.36 Å². The zero-order chi connectivity index (χ0) is 20.2. The molecule has 0 aliphatic heterocycles. The summed E-state index contributed by atoms with van der Waals surface area (Å²) in [5.41, 5.74) is 2.69. The van der Waals surface area contributed by atoms with E-state index in [4.69, 9.17) is 4.42 Å². The number of anilines is 1. The first-order valence-corrected chi connectivity index (χ1v) is 10.2. The Labute approximate surface area is 169 Å². The van der Waals surface area contributed by atoms with Crippen molar-refractivity contribution in [2.75, 3.05) is 11.6 Å². The molecular weight excluding hydrogens is 392 g/mol. The minimum atomic E-state index is -0.412. The molecule has 1 N–H and O–H groups in total. The first kappa shape index (κ1) is 18.9. The van der Waals surface area contributed by atoms with Crippen LogP contribution in [0.1, 0.15) is 12.8 Å². The van der Waals surface area contributed by atoms with Crippen LogP contribution < -0.4 is 11.1 Å². The van der Waals surface area contributed by atoms with Gasteiger partial charge in [0.05, 0.1) is 11.2 Å². The highest BCUT2D eigenvalue weighted by atomic mass is 32.2. The molecule has 2 aromatic carbocycles. The molecule has 0 unspecified atom stereocenters. The maximum absolute atomic E-state index is 12.3. The SMILES string of the molecule is CSc1nnnn1-c1cccc(NC(=O)CCCn2c(=O)oc3ccccc32)c1. The standard InChI is InChI=1S/C19H18N6O3S/c1-29-18-21-22-23-25(18)14-7-4-6-13(12-14)20-17(26)10-5-11-24-15-8-2-3-9-16(15)28-19(24)27/h2-4,6-9,12H,5,10-11H2,1H3,(H,20,26). The number of carbonyl (C=O) groups excluding carboxylic acids is 1. The Bertz CT molecular complexity index is 1210. The lowest BCUT2D eigenvalue weighted by Gasteiger charge is -2.08. The topological polar surface area (TPSA) is 108 Å². The van der Waals surface area contributed by atoms with E-state index < -0.39 is 5.76 Å². The molecule has 0 fully saturated rings. The number of hydrogen-bond acceptors (Lipinski definition) is 7. The molecule has 4 aromatic rings. The highest BCUT2D eigenvalue weighted by Crippen LogP contribution is 2.19. The van der Waals surface area contributed by atoms with E-state index in [0.29, 0.717) is 29.4 Å². The van der Waals surface area contributed by atoms with E-state index in [0.717, 1.165) is 11.2 Å². The number of tetrazole rings is 1. The van der Waals surface area contributed by atoms with Gasteiger partial charge in [-0.2, -0.15) is 4.68 Å². The van der Waals surface area contributed by atoms with Gasteiger partial charge >= 0.3 is 5.76 Å². The molecule has 0 spiro atoms. The highest BCUT2D eigenvalue weighted by molar-refractivity contribution is 7.98. The fraction of sp³-hybridized carbons (Fsp3) is 0.211. The molecule has 0 saturated heterocycles. The maximum Gasteiger partial charge on any atom is 0.419 e. The molecule has 2 heterocycles. The maximum atomic E-state index is 12.3. The predicted molar refractivity (Wildman–Crippen MR) is 109 cm³/mol. The van der Waals surface area contributed by atoms with Crippen molar-refractivity contribution in [1.29, 1.82) is 0 Å². The summed E-state index contributed by atoms with van der Waals surface area (Å²) in [6.07, 6.45) is 2.68. The van der Waals surface area contributed by atoms with Crippen molar-refractivity contribution in [2.45, 2.75) is 24.5 Å². The number of oxazole rings is 1. The Morgan fingerprint density at radius 3 is 2.93 bits per heavy atom. The molecule has 10 heteroatoms. The number of rotatable bonds is 7. The van der Waals surface area contributed by atoms with E-state index in [1.54, 1.807) is 21.4 Å². The average Bonchev–Trinajstić information content (AvgIpc) is 3.32. The number of aromatic nitrogens is 5. The Morgan fingerprint density at radius 1 is 1.21 bits per heavy atom. The van der Waals surface area contributed by atoms with Gasteiger partial charge in [-0.1, -0.05) is 30.0 Å². The molecule has 0 aliphatic rings. The summed E-state index contributed by atoms with van der Waals surface area (Å²) in [4.78, 5) is 24.3. The molecule has 0 saturated carbocycles. The molecule has 4 rings (SSSR count). The second kappa shape index (κ2) is 8.31. The second-order valence-electron chi connectivity index (χ2n) is 6.27. The van der Waals surface area contributed by atoms with Gasteiger partial charge < -0.3 is 9.73 Å². The Hall–Kier alpha value is -3.40. The van der Waals surface area contributed by atoms with Gasteiger partial charge in [0.2, 0.25) is 11.1 Å². The zero-order valence-electron chi connectivity index (χ0n) is 15.6. The summed E-state index contributed by atoms with van der Waals surface area (Å²) in [5, 5.41) is 15.1. The highest BCUT2D eigenvalue weighted by Gasteiger charge is 2.11. The number of thioether (sulfide) groups is 1. The first-order valence-electron chi connectivity index (χ1n) is 8.97. The third kappa shape index (κ3) is 4.06. The number of benzene rings is 2. The van der Waals surface area contributed by atoms with Crippen molar-refractivity contribution in [3.8, 4) is 5.69 Å². The first-order chi connectivity index (χ1) is 14.2. The number of carbonyl (C=O) groups is 1. The summed E-state index contributed by atoms with van der Waals surface area (Å²) in [6, 6.07) is 14.5. The number of hydrogen-bond donors (Lipinski definition) is 1.